The smallest absolute Gasteiger partial charge is 0.0798 e. The second kappa shape index (κ2) is 6.17. The van der Waals surface area contributed by atoms with Gasteiger partial charge in [0, 0.05) is 13.2 Å². The van der Waals surface area contributed by atoms with Crippen LogP contribution in [0.3, 0.4) is 0 Å². The number of methoxy groups -OCH3 is 1. The third kappa shape index (κ3) is 3.92. The van der Waals surface area contributed by atoms with Crippen molar-refractivity contribution in [1.82, 2.24) is 0 Å². The standard InChI is InChI=1S/C11H23NO/c1-5-7-8-9-10(12)11(3,6-2)13-4/h5,10H,1,6-9,12H2,2-4H3. The van der Waals surface area contributed by atoms with Crippen LogP contribution in [0.4, 0.5) is 0 Å². The summed E-state index contributed by atoms with van der Waals surface area (Å²) in [5.41, 5.74) is 5.89. The Hall–Kier alpha value is -0.340. The molecular formula is C11H23NO. The molecule has 0 spiro atoms. The minimum atomic E-state index is -0.166. The third-order valence-corrected chi connectivity index (χ3v) is 2.88. The summed E-state index contributed by atoms with van der Waals surface area (Å²) in [6.45, 7) is 7.87. The van der Waals surface area contributed by atoms with Crippen molar-refractivity contribution in [3.63, 3.8) is 0 Å². The third-order valence-electron chi connectivity index (χ3n) is 2.88. The van der Waals surface area contributed by atoms with Crippen LogP contribution < -0.4 is 5.73 Å². The van der Waals surface area contributed by atoms with Gasteiger partial charge in [0.25, 0.3) is 0 Å². The van der Waals surface area contributed by atoms with Crippen LogP contribution in [-0.4, -0.2) is 18.8 Å². The van der Waals surface area contributed by atoms with E-state index in [1.807, 2.05) is 6.08 Å². The van der Waals surface area contributed by atoms with E-state index >= 15 is 0 Å². The van der Waals surface area contributed by atoms with Crippen molar-refractivity contribution >= 4 is 0 Å². The molecule has 0 saturated heterocycles. The number of hydrogen-bond donors (Lipinski definition) is 1. The van der Waals surface area contributed by atoms with Crippen LogP contribution in [0.5, 0.6) is 0 Å². The Bertz CT molecular complexity index is 141. The predicted octanol–water partition coefficient (Wildman–Crippen LogP) is 2.49. The molecule has 0 heterocycles. The number of unbranched alkanes of at least 4 members (excludes halogenated alkanes) is 1. The van der Waals surface area contributed by atoms with Crippen LogP contribution in [0.15, 0.2) is 12.7 Å². The molecule has 0 fully saturated rings. The largest absolute Gasteiger partial charge is 0.377 e. The average molecular weight is 185 g/mol. The summed E-state index contributed by atoms with van der Waals surface area (Å²) in [4.78, 5) is 0. The number of rotatable bonds is 7. The van der Waals surface area contributed by atoms with Gasteiger partial charge in [0.15, 0.2) is 0 Å². The highest BCUT2D eigenvalue weighted by atomic mass is 16.5. The Morgan fingerprint density at radius 1 is 1.62 bits per heavy atom. The van der Waals surface area contributed by atoms with Crippen molar-refractivity contribution in [2.24, 2.45) is 5.73 Å². The van der Waals surface area contributed by atoms with E-state index in [1.165, 1.54) is 0 Å². The van der Waals surface area contributed by atoms with E-state index < -0.39 is 0 Å². The van der Waals surface area contributed by atoms with Gasteiger partial charge in [-0.1, -0.05) is 13.0 Å². The Morgan fingerprint density at radius 3 is 2.62 bits per heavy atom. The van der Waals surface area contributed by atoms with Gasteiger partial charge in [-0.25, -0.2) is 0 Å². The van der Waals surface area contributed by atoms with Crippen molar-refractivity contribution < 1.29 is 4.74 Å². The molecule has 0 amide bonds. The summed E-state index contributed by atoms with van der Waals surface area (Å²) in [5, 5.41) is 0. The second-order valence-corrected chi connectivity index (χ2v) is 3.70. The van der Waals surface area contributed by atoms with E-state index in [1.54, 1.807) is 7.11 Å². The maximum Gasteiger partial charge on any atom is 0.0798 e. The molecule has 2 atom stereocenters. The molecule has 0 aromatic heterocycles. The highest BCUT2D eigenvalue weighted by Crippen LogP contribution is 2.21. The second-order valence-electron chi connectivity index (χ2n) is 3.70. The Labute approximate surface area is 82.2 Å². The first-order valence-electron chi connectivity index (χ1n) is 5.02. The average Bonchev–Trinajstić information content (AvgIpc) is 2.17. The molecule has 0 aromatic rings. The lowest BCUT2D eigenvalue weighted by Crippen LogP contribution is -2.46. The molecule has 2 nitrogen and oxygen atoms in total. The quantitative estimate of drug-likeness (QED) is 0.488. The zero-order valence-electron chi connectivity index (χ0n) is 9.18. The molecule has 0 rings (SSSR count). The minimum absolute atomic E-state index is 0.127. The van der Waals surface area contributed by atoms with Crippen molar-refractivity contribution in [1.29, 1.82) is 0 Å². The maximum atomic E-state index is 6.05. The van der Waals surface area contributed by atoms with Crippen LogP contribution in [-0.2, 0) is 4.74 Å². The van der Waals surface area contributed by atoms with E-state index in [4.69, 9.17) is 10.5 Å². The molecule has 0 bridgehead atoms. The fourth-order valence-corrected chi connectivity index (χ4v) is 1.35. The van der Waals surface area contributed by atoms with Gasteiger partial charge < -0.3 is 10.5 Å². The number of nitrogens with two attached hydrogens (primary N) is 1. The molecule has 78 valence electrons. The summed E-state index contributed by atoms with van der Waals surface area (Å²) < 4.78 is 5.43. The molecule has 2 unspecified atom stereocenters. The van der Waals surface area contributed by atoms with Gasteiger partial charge in [-0.15, -0.1) is 6.58 Å². The molecule has 0 aliphatic carbocycles. The molecule has 13 heavy (non-hydrogen) atoms. The molecule has 0 radical (unpaired) electrons. The van der Waals surface area contributed by atoms with Crippen molar-refractivity contribution in [2.45, 2.75) is 51.2 Å². The molecule has 0 aliphatic rings. The van der Waals surface area contributed by atoms with E-state index in [0.717, 1.165) is 25.7 Å². The molecule has 2 heteroatoms. The van der Waals surface area contributed by atoms with E-state index in [-0.39, 0.29) is 11.6 Å². The van der Waals surface area contributed by atoms with Gasteiger partial charge in [0.2, 0.25) is 0 Å². The molecular weight excluding hydrogens is 162 g/mol. The zero-order valence-corrected chi connectivity index (χ0v) is 9.18. The van der Waals surface area contributed by atoms with Gasteiger partial charge in [-0.05, 0) is 32.6 Å². The van der Waals surface area contributed by atoms with Gasteiger partial charge in [0.05, 0.1) is 5.60 Å². The molecule has 2 N–H and O–H groups in total. The van der Waals surface area contributed by atoms with Crippen LogP contribution in [0.25, 0.3) is 0 Å². The van der Waals surface area contributed by atoms with Crippen LogP contribution >= 0.6 is 0 Å². The number of allylic oxidation sites excluding steroid dienone is 1. The summed E-state index contributed by atoms with van der Waals surface area (Å²) in [6.07, 6.45) is 6.03. The first kappa shape index (κ1) is 12.7. The highest BCUT2D eigenvalue weighted by molar-refractivity contribution is 4.86. The monoisotopic (exact) mass is 185 g/mol. The lowest BCUT2D eigenvalue weighted by atomic mass is 9.90. The fraction of sp³-hybridized carbons (Fsp3) is 0.818. The normalized spacial score (nSPS) is 17.8. The van der Waals surface area contributed by atoms with Crippen LogP contribution in [0.2, 0.25) is 0 Å². The summed E-state index contributed by atoms with van der Waals surface area (Å²) in [7, 11) is 1.73. The van der Waals surface area contributed by atoms with Crippen LogP contribution in [0, 0.1) is 0 Å². The van der Waals surface area contributed by atoms with Crippen molar-refractivity contribution in [3.8, 4) is 0 Å². The lowest BCUT2D eigenvalue weighted by Gasteiger charge is -2.33. The Balaban J connectivity index is 3.90. The van der Waals surface area contributed by atoms with E-state index in [2.05, 4.69) is 20.4 Å². The number of hydrogen-bond acceptors (Lipinski definition) is 2. The Kier molecular flexibility index (Phi) is 6.00. The lowest BCUT2D eigenvalue weighted by molar-refractivity contribution is -0.0209. The molecule has 0 aliphatic heterocycles. The van der Waals surface area contributed by atoms with Gasteiger partial charge in [0.1, 0.15) is 0 Å². The SMILES string of the molecule is C=CCCCC(N)C(C)(CC)OC. The zero-order chi connectivity index (χ0) is 10.3. The Morgan fingerprint density at radius 2 is 2.23 bits per heavy atom. The summed E-state index contributed by atoms with van der Waals surface area (Å²) in [6, 6.07) is 0.127. The maximum absolute atomic E-state index is 6.05. The minimum Gasteiger partial charge on any atom is -0.377 e. The highest BCUT2D eigenvalue weighted by Gasteiger charge is 2.28. The number of ether oxygens (including phenoxy) is 1. The van der Waals surface area contributed by atoms with Gasteiger partial charge >= 0.3 is 0 Å². The van der Waals surface area contributed by atoms with E-state index in [0.29, 0.717) is 0 Å². The van der Waals surface area contributed by atoms with Gasteiger partial charge in [-0.3, -0.25) is 0 Å². The summed E-state index contributed by atoms with van der Waals surface area (Å²) >= 11 is 0. The first-order valence-corrected chi connectivity index (χ1v) is 5.02. The molecule has 0 saturated carbocycles. The van der Waals surface area contributed by atoms with E-state index in [9.17, 15) is 0 Å². The molecule has 0 aromatic carbocycles. The predicted molar refractivity (Wildman–Crippen MR) is 57.7 cm³/mol. The van der Waals surface area contributed by atoms with Gasteiger partial charge in [-0.2, -0.15) is 0 Å². The van der Waals surface area contributed by atoms with Crippen LogP contribution in [0.1, 0.15) is 39.5 Å². The van der Waals surface area contributed by atoms with Crippen molar-refractivity contribution in [3.05, 3.63) is 12.7 Å². The topological polar surface area (TPSA) is 35.2 Å². The first-order chi connectivity index (χ1) is 6.10. The van der Waals surface area contributed by atoms with Crippen molar-refractivity contribution in [2.75, 3.05) is 7.11 Å². The fourth-order valence-electron chi connectivity index (χ4n) is 1.35. The summed E-state index contributed by atoms with van der Waals surface area (Å²) in [5.74, 6) is 0.